The van der Waals surface area contributed by atoms with Crippen LogP contribution < -0.4 is 10.9 Å². The minimum Gasteiger partial charge on any atom is -0.469 e. The van der Waals surface area contributed by atoms with E-state index in [9.17, 15) is 14.4 Å². The zero-order valence-electron chi connectivity index (χ0n) is 15.3. The molecule has 2 aliphatic rings. The Labute approximate surface area is 162 Å². The minimum atomic E-state index is -0.897. The fourth-order valence-corrected chi connectivity index (χ4v) is 4.18. The van der Waals surface area contributed by atoms with Gasteiger partial charge in [-0.3, -0.25) is 9.59 Å². The quantitative estimate of drug-likeness (QED) is 0.575. The molecule has 1 unspecified atom stereocenters. The maximum absolute atomic E-state index is 12.1. The molecule has 0 amide bonds. The van der Waals surface area contributed by atoms with E-state index in [-0.39, 0.29) is 17.9 Å². The van der Waals surface area contributed by atoms with Crippen LogP contribution in [-0.4, -0.2) is 59.9 Å². The van der Waals surface area contributed by atoms with E-state index in [1.54, 1.807) is 12.1 Å². The maximum atomic E-state index is 12.1. The van der Waals surface area contributed by atoms with Crippen LogP contribution in [0.4, 0.5) is 0 Å². The van der Waals surface area contributed by atoms with Crippen LogP contribution in [0.5, 0.6) is 0 Å². The Hall–Kier alpha value is -2.42. The summed E-state index contributed by atoms with van der Waals surface area (Å²) >= 11 is 5.50. The first-order valence-corrected chi connectivity index (χ1v) is 9.23. The molecule has 0 aliphatic carbocycles. The lowest BCUT2D eigenvalue weighted by Crippen LogP contribution is -2.55. The van der Waals surface area contributed by atoms with Gasteiger partial charge in [0.1, 0.15) is 6.04 Å². The number of nitrogens with one attached hydrogen (secondary N) is 1. The lowest BCUT2D eigenvalue weighted by molar-refractivity contribution is -0.149. The maximum Gasteiger partial charge on any atom is 0.328 e. The molecule has 3 heterocycles. The highest BCUT2D eigenvalue weighted by molar-refractivity contribution is 7.80. The molecule has 2 bridgehead atoms. The number of likely N-dealkylation sites (tertiary alicyclic amines) is 1. The number of methoxy groups -OCH3 is 2. The summed E-state index contributed by atoms with van der Waals surface area (Å²) in [7, 11) is 2.53. The van der Waals surface area contributed by atoms with Crippen molar-refractivity contribution in [2.24, 2.45) is 5.92 Å². The molecule has 0 radical (unpaired) electrons. The van der Waals surface area contributed by atoms with Crippen LogP contribution in [0.2, 0.25) is 0 Å². The van der Waals surface area contributed by atoms with Crippen LogP contribution in [-0.2, 0) is 25.6 Å². The third kappa shape index (κ3) is 4.13. The Morgan fingerprint density at radius 3 is 2.74 bits per heavy atom. The summed E-state index contributed by atoms with van der Waals surface area (Å²) in [4.78, 5) is 37.7. The molecule has 3 atom stereocenters. The van der Waals surface area contributed by atoms with Gasteiger partial charge in [0.15, 0.2) is 5.11 Å². The summed E-state index contributed by atoms with van der Waals surface area (Å²) in [5.41, 5.74) is 1.05. The zero-order valence-corrected chi connectivity index (χ0v) is 16.2. The number of hydrogen-bond donors (Lipinski definition) is 1. The molecule has 8 nitrogen and oxygen atoms in total. The van der Waals surface area contributed by atoms with Crippen LogP contribution in [0.3, 0.4) is 0 Å². The summed E-state index contributed by atoms with van der Waals surface area (Å²) in [6, 6.07) is 4.46. The molecule has 1 N–H and O–H groups in total. The number of ether oxygens (including phenoxy) is 2. The van der Waals surface area contributed by atoms with Crippen molar-refractivity contribution in [2.45, 2.75) is 31.3 Å². The van der Waals surface area contributed by atoms with Crippen molar-refractivity contribution in [3.63, 3.8) is 0 Å². The van der Waals surface area contributed by atoms with E-state index >= 15 is 0 Å². The van der Waals surface area contributed by atoms with Crippen LogP contribution in [0.25, 0.3) is 0 Å². The normalized spacial score (nSPS) is 21.6. The summed E-state index contributed by atoms with van der Waals surface area (Å²) < 4.78 is 11.2. The number of aromatic nitrogens is 1. The van der Waals surface area contributed by atoms with Crippen molar-refractivity contribution in [1.29, 1.82) is 0 Å². The summed E-state index contributed by atoms with van der Waals surface area (Å²) in [5, 5.41) is 3.34. The van der Waals surface area contributed by atoms with E-state index in [2.05, 4.69) is 10.1 Å². The van der Waals surface area contributed by atoms with Crippen molar-refractivity contribution >= 4 is 29.3 Å². The van der Waals surface area contributed by atoms with Gasteiger partial charge in [0.25, 0.3) is 5.56 Å². The molecule has 1 saturated heterocycles. The molecule has 0 spiro atoms. The van der Waals surface area contributed by atoms with Crippen LogP contribution in [0.1, 0.15) is 24.5 Å². The molecule has 146 valence electrons. The van der Waals surface area contributed by atoms with Gasteiger partial charge in [-0.05, 0) is 30.6 Å². The molecule has 2 aliphatic heterocycles. The van der Waals surface area contributed by atoms with Gasteiger partial charge in [-0.2, -0.15) is 0 Å². The fraction of sp³-hybridized carbons (Fsp3) is 0.556. The van der Waals surface area contributed by atoms with Crippen molar-refractivity contribution in [3.8, 4) is 0 Å². The predicted molar refractivity (Wildman–Crippen MR) is 101 cm³/mol. The predicted octanol–water partition coefficient (Wildman–Crippen LogP) is 0.247. The van der Waals surface area contributed by atoms with Crippen LogP contribution in [0, 0.1) is 5.92 Å². The Morgan fingerprint density at radius 2 is 2.04 bits per heavy atom. The van der Waals surface area contributed by atoms with Gasteiger partial charge in [0, 0.05) is 37.3 Å². The number of carbonyl (C=O) groups excluding carboxylic acids is 2. The van der Waals surface area contributed by atoms with Crippen molar-refractivity contribution in [2.75, 3.05) is 27.3 Å². The van der Waals surface area contributed by atoms with Crippen LogP contribution >= 0.6 is 12.2 Å². The lowest BCUT2D eigenvalue weighted by atomic mass is 9.83. The molecule has 1 aromatic heterocycles. The number of thiocarbonyl (C=S) groups is 1. The second-order valence-corrected chi connectivity index (χ2v) is 7.30. The number of nitrogens with zero attached hydrogens (tertiary/aromatic N) is 2. The number of piperidine rings is 1. The molecule has 0 saturated carbocycles. The third-order valence-corrected chi connectivity index (χ3v) is 5.52. The standard InChI is InChI=1S/C18H23N3O5S/c1-25-16(23)7-13(17(24)26-2)19-18(27)20-8-11-6-12(10-20)14-4-3-5-15(22)21(14)9-11/h3-5,11-13H,6-10H2,1-2H3,(H,19,27)/t11-,12+,13?/m0/s1. The molecule has 3 rings (SSSR count). The average Bonchev–Trinajstić information content (AvgIpc) is 2.67. The fourth-order valence-electron chi connectivity index (χ4n) is 3.89. The van der Waals surface area contributed by atoms with Crippen molar-refractivity contribution in [1.82, 2.24) is 14.8 Å². The van der Waals surface area contributed by atoms with Gasteiger partial charge >= 0.3 is 11.9 Å². The average molecular weight is 393 g/mol. The summed E-state index contributed by atoms with van der Waals surface area (Å²) in [5.74, 6) is -0.599. The Bertz CT molecular complexity index is 808. The Morgan fingerprint density at radius 1 is 1.26 bits per heavy atom. The van der Waals surface area contributed by atoms with Crippen molar-refractivity contribution in [3.05, 3.63) is 34.2 Å². The van der Waals surface area contributed by atoms with E-state index < -0.39 is 18.0 Å². The highest BCUT2D eigenvalue weighted by Crippen LogP contribution is 2.34. The minimum absolute atomic E-state index is 0.0279. The van der Waals surface area contributed by atoms with E-state index in [0.717, 1.165) is 12.1 Å². The van der Waals surface area contributed by atoms with E-state index in [1.807, 2.05) is 15.5 Å². The second kappa shape index (κ2) is 8.08. The molecular formula is C18H23N3O5S. The van der Waals surface area contributed by atoms with Crippen LogP contribution in [0.15, 0.2) is 23.0 Å². The number of rotatable bonds is 4. The molecule has 1 aromatic rings. The SMILES string of the molecule is COC(=O)CC(NC(=S)N1C[C@@H]2C[C@H](C1)c1cccc(=O)n1C2)C(=O)OC. The van der Waals surface area contributed by atoms with E-state index in [4.69, 9.17) is 17.0 Å². The van der Waals surface area contributed by atoms with Gasteiger partial charge in [0.05, 0.1) is 20.6 Å². The van der Waals surface area contributed by atoms with E-state index in [1.165, 1.54) is 14.2 Å². The molecule has 27 heavy (non-hydrogen) atoms. The van der Waals surface area contributed by atoms with Gasteiger partial charge in [0.2, 0.25) is 0 Å². The monoisotopic (exact) mass is 393 g/mol. The number of esters is 2. The van der Waals surface area contributed by atoms with Crippen molar-refractivity contribution < 1.29 is 19.1 Å². The largest absolute Gasteiger partial charge is 0.469 e. The van der Waals surface area contributed by atoms with Gasteiger partial charge < -0.3 is 24.3 Å². The second-order valence-electron chi connectivity index (χ2n) is 6.91. The highest BCUT2D eigenvalue weighted by atomic mass is 32.1. The first-order chi connectivity index (χ1) is 12.9. The van der Waals surface area contributed by atoms with Gasteiger partial charge in [-0.25, -0.2) is 4.79 Å². The number of carbonyl (C=O) groups is 2. The summed E-state index contributed by atoms with van der Waals surface area (Å²) in [6.07, 6.45) is 0.841. The lowest BCUT2D eigenvalue weighted by Gasteiger charge is -2.44. The number of pyridine rings is 1. The third-order valence-electron chi connectivity index (χ3n) is 5.15. The molecule has 9 heteroatoms. The van der Waals surface area contributed by atoms with Gasteiger partial charge in [-0.15, -0.1) is 0 Å². The van der Waals surface area contributed by atoms with E-state index in [0.29, 0.717) is 30.7 Å². The zero-order chi connectivity index (χ0) is 19.6. The topological polar surface area (TPSA) is 89.9 Å². The molecular weight excluding hydrogens is 370 g/mol. The Balaban J connectivity index is 1.72. The Kier molecular flexibility index (Phi) is 5.79. The highest BCUT2D eigenvalue weighted by Gasteiger charge is 2.36. The molecule has 0 aromatic carbocycles. The smallest absolute Gasteiger partial charge is 0.328 e. The van der Waals surface area contributed by atoms with Gasteiger partial charge in [-0.1, -0.05) is 6.07 Å². The first-order valence-electron chi connectivity index (χ1n) is 8.82. The first kappa shape index (κ1) is 19.3. The molecule has 1 fully saturated rings. The summed E-state index contributed by atoms with van der Waals surface area (Å²) in [6.45, 7) is 2.00. The number of fused-ring (bicyclic) bond motifs is 4. The number of hydrogen-bond acceptors (Lipinski definition) is 6.